The summed E-state index contributed by atoms with van der Waals surface area (Å²) >= 11 is 0. The quantitative estimate of drug-likeness (QED) is 0.0722. The van der Waals surface area contributed by atoms with E-state index in [2.05, 4.69) is 20.9 Å². The van der Waals surface area contributed by atoms with Crippen molar-refractivity contribution in [2.75, 3.05) is 6.54 Å². The molecule has 6 atom stereocenters. The number of aliphatic carboxylic acids is 1. The molecule has 13 nitrogen and oxygen atoms in total. The maximum atomic E-state index is 13.1. The first-order chi connectivity index (χ1) is 15.7. The zero-order valence-electron chi connectivity index (χ0n) is 20.6. The Kier molecular flexibility index (Phi) is 13.8. The first-order valence-corrected chi connectivity index (χ1v) is 11.4. The second kappa shape index (κ2) is 15.1. The molecule has 0 aromatic heterocycles. The van der Waals surface area contributed by atoms with Crippen LogP contribution in [-0.2, 0) is 19.2 Å². The van der Waals surface area contributed by atoms with E-state index in [4.69, 9.17) is 17.2 Å². The fourth-order valence-corrected chi connectivity index (χ4v) is 2.93. The van der Waals surface area contributed by atoms with Gasteiger partial charge in [0.05, 0.1) is 12.1 Å². The summed E-state index contributed by atoms with van der Waals surface area (Å²) in [5.74, 6) is -3.99. The Labute approximate surface area is 200 Å². The number of nitrogens with two attached hydrogens (primary N) is 3. The molecular weight excluding hydrogens is 446 g/mol. The van der Waals surface area contributed by atoms with Crippen LogP contribution < -0.4 is 33.2 Å². The van der Waals surface area contributed by atoms with Gasteiger partial charge in [-0.25, -0.2) is 4.79 Å². The summed E-state index contributed by atoms with van der Waals surface area (Å²) in [5.41, 5.74) is 16.5. The molecule has 0 bridgehead atoms. The van der Waals surface area contributed by atoms with Crippen LogP contribution in [0.3, 0.4) is 0 Å². The molecule has 0 aliphatic rings. The lowest BCUT2D eigenvalue weighted by molar-refractivity contribution is -0.145. The zero-order chi connectivity index (χ0) is 26.6. The number of amides is 3. The van der Waals surface area contributed by atoms with E-state index in [0.29, 0.717) is 12.8 Å². The number of hydrogen-bond acceptors (Lipinski definition) is 7. The number of aliphatic hydroxyl groups is 1. The number of guanidine groups is 1. The van der Waals surface area contributed by atoms with Crippen molar-refractivity contribution in [3.63, 3.8) is 0 Å². The van der Waals surface area contributed by atoms with Crippen LogP contribution in [0.15, 0.2) is 4.99 Å². The van der Waals surface area contributed by atoms with Crippen molar-refractivity contribution in [1.82, 2.24) is 16.0 Å². The van der Waals surface area contributed by atoms with Gasteiger partial charge in [0.2, 0.25) is 17.7 Å². The number of nitrogens with zero attached hydrogens (tertiary/aromatic N) is 1. The molecule has 11 N–H and O–H groups in total. The standard InChI is InChI=1S/C21H41N7O6/c1-6-11(4)15(19(32)28-16(12(5)29)20(33)34)27-17(30)13(8-7-9-25-21(23)24)26-18(31)14(22)10(2)3/h10-16,29H,6-9,22H2,1-5H3,(H,26,31)(H,27,30)(H,28,32)(H,33,34)(H4,23,24,25). The van der Waals surface area contributed by atoms with Gasteiger partial charge in [-0.15, -0.1) is 0 Å². The molecule has 196 valence electrons. The largest absolute Gasteiger partial charge is 0.480 e. The third-order valence-corrected chi connectivity index (χ3v) is 5.44. The molecule has 0 aromatic carbocycles. The van der Waals surface area contributed by atoms with E-state index >= 15 is 0 Å². The van der Waals surface area contributed by atoms with Crippen LogP contribution in [0, 0.1) is 11.8 Å². The van der Waals surface area contributed by atoms with E-state index in [-0.39, 0.29) is 30.8 Å². The lowest BCUT2D eigenvalue weighted by atomic mass is 9.96. The van der Waals surface area contributed by atoms with Crippen LogP contribution in [0.2, 0.25) is 0 Å². The maximum absolute atomic E-state index is 13.1. The zero-order valence-corrected chi connectivity index (χ0v) is 20.6. The minimum Gasteiger partial charge on any atom is -0.480 e. The van der Waals surface area contributed by atoms with E-state index in [9.17, 15) is 29.4 Å². The van der Waals surface area contributed by atoms with Crippen molar-refractivity contribution in [3.05, 3.63) is 0 Å². The summed E-state index contributed by atoms with van der Waals surface area (Å²) < 4.78 is 0. The van der Waals surface area contributed by atoms with E-state index in [1.165, 1.54) is 6.92 Å². The molecule has 0 saturated carbocycles. The summed E-state index contributed by atoms with van der Waals surface area (Å²) in [7, 11) is 0. The van der Waals surface area contributed by atoms with Gasteiger partial charge in [-0.1, -0.05) is 34.1 Å². The number of nitrogens with one attached hydrogen (secondary N) is 3. The Balaban J connectivity index is 5.65. The lowest BCUT2D eigenvalue weighted by Gasteiger charge is -2.28. The minimum atomic E-state index is -1.55. The fourth-order valence-electron chi connectivity index (χ4n) is 2.93. The molecule has 0 heterocycles. The molecule has 0 rings (SSSR count). The number of carbonyl (C=O) groups is 4. The Bertz CT molecular complexity index is 724. The van der Waals surface area contributed by atoms with Gasteiger partial charge in [0.25, 0.3) is 0 Å². The topological polar surface area (TPSA) is 235 Å². The van der Waals surface area contributed by atoms with Gasteiger partial charge in [-0.3, -0.25) is 19.4 Å². The van der Waals surface area contributed by atoms with E-state index in [1.807, 2.05) is 0 Å². The number of aliphatic imine (C=N–C) groups is 1. The number of hydrogen-bond donors (Lipinski definition) is 8. The van der Waals surface area contributed by atoms with Gasteiger partial charge in [0.15, 0.2) is 12.0 Å². The Morgan fingerprint density at radius 2 is 1.47 bits per heavy atom. The van der Waals surface area contributed by atoms with Crippen molar-refractivity contribution in [2.45, 2.75) is 84.2 Å². The predicted octanol–water partition coefficient (Wildman–Crippen LogP) is -2.01. The van der Waals surface area contributed by atoms with Gasteiger partial charge in [0, 0.05) is 6.54 Å². The minimum absolute atomic E-state index is 0.105. The van der Waals surface area contributed by atoms with E-state index in [1.54, 1.807) is 27.7 Å². The lowest BCUT2D eigenvalue weighted by Crippen LogP contribution is -2.60. The predicted molar refractivity (Wildman–Crippen MR) is 127 cm³/mol. The maximum Gasteiger partial charge on any atom is 0.328 e. The van der Waals surface area contributed by atoms with Crippen LogP contribution in [0.1, 0.15) is 53.9 Å². The average molecular weight is 488 g/mol. The van der Waals surface area contributed by atoms with Gasteiger partial charge in [0.1, 0.15) is 12.1 Å². The van der Waals surface area contributed by atoms with Crippen molar-refractivity contribution >= 4 is 29.7 Å². The normalized spacial score (nSPS) is 16.4. The Hall–Kier alpha value is -2.93. The molecule has 0 radical (unpaired) electrons. The number of rotatable bonds is 15. The highest BCUT2D eigenvalue weighted by Crippen LogP contribution is 2.11. The number of aliphatic hydroxyl groups excluding tert-OH is 1. The molecule has 0 aromatic rings. The van der Waals surface area contributed by atoms with Crippen LogP contribution >= 0.6 is 0 Å². The summed E-state index contributed by atoms with van der Waals surface area (Å²) in [5, 5.41) is 26.4. The molecule has 0 aliphatic heterocycles. The summed E-state index contributed by atoms with van der Waals surface area (Å²) in [6, 6.07) is -4.52. The third-order valence-electron chi connectivity index (χ3n) is 5.44. The van der Waals surface area contributed by atoms with Crippen molar-refractivity contribution < 1.29 is 29.4 Å². The highest BCUT2D eigenvalue weighted by molar-refractivity contribution is 5.94. The number of carboxylic acids is 1. The molecule has 3 amide bonds. The van der Waals surface area contributed by atoms with Crippen molar-refractivity contribution in [2.24, 2.45) is 34.0 Å². The van der Waals surface area contributed by atoms with Crippen molar-refractivity contribution in [1.29, 1.82) is 0 Å². The Morgan fingerprint density at radius 1 is 0.912 bits per heavy atom. The van der Waals surface area contributed by atoms with Gasteiger partial charge >= 0.3 is 5.97 Å². The summed E-state index contributed by atoms with van der Waals surface area (Å²) in [4.78, 5) is 53.6. The fraction of sp³-hybridized carbons (Fsp3) is 0.762. The van der Waals surface area contributed by atoms with Crippen LogP contribution in [0.5, 0.6) is 0 Å². The average Bonchev–Trinajstić information content (AvgIpc) is 2.75. The first-order valence-electron chi connectivity index (χ1n) is 11.4. The second-order valence-corrected chi connectivity index (χ2v) is 8.72. The van der Waals surface area contributed by atoms with Gasteiger partial charge in [-0.05, 0) is 31.6 Å². The molecule has 34 heavy (non-hydrogen) atoms. The van der Waals surface area contributed by atoms with E-state index < -0.39 is 54.0 Å². The summed E-state index contributed by atoms with van der Waals surface area (Å²) in [6.45, 7) is 8.50. The Morgan fingerprint density at radius 3 is 1.91 bits per heavy atom. The van der Waals surface area contributed by atoms with Crippen LogP contribution in [0.25, 0.3) is 0 Å². The molecule has 6 unspecified atom stereocenters. The highest BCUT2D eigenvalue weighted by Gasteiger charge is 2.34. The third kappa shape index (κ3) is 10.8. The van der Waals surface area contributed by atoms with Crippen LogP contribution in [-0.4, -0.2) is 76.7 Å². The van der Waals surface area contributed by atoms with Crippen molar-refractivity contribution in [3.8, 4) is 0 Å². The number of carbonyl (C=O) groups excluding carboxylic acids is 3. The van der Waals surface area contributed by atoms with Crippen LogP contribution in [0.4, 0.5) is 0 Å². The van der Waals surface area contributed by atoms with Gasteiger partial charge in [-0.2, -0.15) is 0 Å². The SMILES string of the molecule is CCC(C)C(NC(=O)C(CCCN=C(N)N)NC(=O)C(N)C(C)C)C(=O)NC(C(=O)O)C(C)O. The molecule has 0 spiro atoms. The van der Waals surface area contributed by atoms with E-state index in [0.717, 1.165) is 0 Å². The molecule has 0 saturated heterocycles. The molecular formula is C21H41N7O6. The second-order valence-electron chi connectivity index (χ2n) is 8.72. The molecule has 0 fully saturated rings. The first kappa shape index (κ1) is 31.1. The number of carboxylic acid groups (broad SMARTS) is 1. The molecule has 13 heteroatoms. The monoisotopic (exact) mass is 487 g/mol. The van der Waals surface area contributed by atoms with Gasteiger partial charge < -0.3 is 43.4 Å². The highest BCUT2D eigenvalue weighted by atomic mass is 16.4. The molecule has 0 aliphatic carbocycles. The smallest absolute Gasteiger partial charge is 0.328 e. The summed E-state index contributed by atoms with van der Waals surface area (Å²) in [6.07, 6.45) is -0.338.